The summed E-state index contributed by atoms with van der Waals surface area (Å²) in [5.74, 6) is -0.590. The molecule has 2 aromatic carbocycles. The summed E-state index contributed by atoms with van der Waals surface area (Å²) in [6.45, 7) is 0.532. The molecule has 0 atom stereocenters. The fourth-order valence-corrected chi connectivity index (χ4v) is 2.94. The van der Waals surface area contributed by atoms with Gasteiger partial charge in [0.15, 0.2) is 11.6 Å². The zero-order valence-electron chi connectivity index (χ0n) is 10.3. The highest BCUT2D eigenvalue weighted by Gasteiger charge is 2.25. The summed E-state index contributed by atoms with van der Waals surface area (Å²) in [7, 11) is 0. The normalized spacial score (nSPS) is 12.9. The molecule has 1 heterocycles. The average Bonchev–Trinajstić information content (AvgIpc) is 2.88. The predicted octanol–water partition coefficient (Wildman–Crippen LogP) is 4.41. The number of carbonyl (C=O) groups is 1. The highest BCUT2D eigenvalue weighted by atomic mass is 79.9. The summed E-state index contributed by atoms with van der Waals surface area (Å²) < 4.78 is 20.3. The van der Waals surface area contributed by atoms with Crippen LogP contribution in [0.3, 0.4) is 0 Å². The molecule has 0 aromatic heterocycles. The maximum absolute atomic E-state index is 14.0. The van der Waals surface area contributed by atoms with Crippen LogP contribution in [0.4, 0.5) is 4.39 Å². The third-order valence-corrected chi connectivity index (χ3v) is 3.94. The van der Waals surface area contributed by atoms with E-state index in [9.17, 15) is 9.18 Å². The summed E-state index contributed by atoms with van der Waals surface area (Å²) in [6, 6.07) is 7.94. The Kier molecular flexibility index (Phi) is 3.52. The Labute approximate surface area is 128 Å². The lowest BCUT2D eigenvalue weighted by Gasteiger charge is -2.09. The molecule has 0 unspecified atom stereocenters. The minimum atomic E-state index is -0.703. The molecule has 2 nitrogen and oxygen atoms in total. The predicted molar refractivity (Wildman–Crippen MR) is 78.2 cm³/mol. The molecule has 1 aliphatic rings. The lowest BCUT2D eigenvalue weighted by atomic mass is 9.99. The Balaban J connectivity index is 2.14. The first kappa shape index (κ1) is 13.6. The van der Waals surface area contributed by atoms with Gasteiger partial charge in [-0.1, -0.05) is 33.6 Å². The van der Waals surface area contributed by atoms with E-state index in [1.165, 1.54) is 12.1 Å². The SMILES string of the molecule is O=C(c1cccc(Cl)c1F)c1cc(Br)cc2c1OCC2. The number of carbonyl (C=O) groups excluding carboxylic acids is 1. The zero-order valence-corrected chi connectivity index (χ0v) is 12.6. The third kappa shape index (κ3) is 2.23. The first-order valence-corrected chi connectivity index (χ1v) is 7.19. The molecular formula is C15H9BrClFO2. The van der Waals surface area contributed by atoms with Crippen LogP contribution in [0.1, 0.15) is 21.5 Å². The molecule has 0 radical (unpaired) electrons. The molecule has 0 aliphatic carbocycles. The van der Waals surface area contributed by atoms with Crippen LogP contribution in [0.25, 0.3) is 0 Å². The highest BCUT2D eigenvalue weighted by Crippen LogP contribution is 2.35. The van der Waals surface area contributed by atoms with Gasteiger partial charge in [-0.2, -0.15) is 0 Å². The monoisotopic (exact) mass is 354 g/mol. The molecule has 3 rings (SSSR count). The van der Waals surface area contributed by atoms with E-state index in [-0.39, 0.29) is 10.6 Å². The Bertz CT molecular complexity index is 715. The smallest absolute Gasteiger partial charge is 0.199 e. The van der Waals surface area contributed by atoms with E-state index < -0.39 is 11.6 Å². The summed E-state index contributed by atoms with van der Waals surface area (Å²) in [5, 5.41) is -0.0663. The van der Waals surface area contributed by atoms with E-state index in [1.54, 1.807) is 12.1 Å². The standard InChI is InChI=1S/C15H9BrClFO2/c16-9-6-8-4-5-20-15(8)11(7-9)14(19)10-2-1-3-12(17)13(10)18/h1-3,6-7H,4-5H2. The van der Waals surface area contributed by atoms with Crippen molar-refractivity contribution < 1.29 is 13.9 Å². The molecule has 0 spiro atoms. The number of ketones is 1. The quantitative estimate of drug-likeness (QED) is 0.746. The molecular weight excluding hydrogens is 347 g/mol. The molecule has 0 N–H and O–H groups in total. The molecule has 0 saturated heterocycles. The molecule has 5 heteroatoms. The Morgan fingerprint density at radius 2 is 2.10 bits per heavy atom. The van der Waals surface area contributed by atoms with Crippen molar-refractivity contribution in [2.75, 3.05) is 6.61 Å². The van der Waals surface area contributed by atoms with Gasteiger partial charge in [0.05, 0.1) is 22.8 Å². The number of benzene rings is 2. The maximum atomic E-state index is 14.0. The second kappa shape index (κ2) is 5.19. The topological polar surface area (TPSA) is 26.3 Å². The van der Waals surface area contributed by atoms with Crippen LogP contribution in [0.15, 0.2) is 34.8 Å². The molecule has 2 aromatic rings. The van der Waals surface area contributed by atoms with Crippen LogP contribution < -0.4 is 4.74 Å². The fourth-order valence-electron chi connectivity index (χ4n) is 2.26. The van der Waals surface area contributed by atoms with Crippen molar-refractivity contribution in [1.29, 1.82) is 0 Å². The zero-order chi connectivity index (χ0) is 14.3. The van der Waals surface area contributed by atoms with E-state index in [0.717, 1.165) is 16.5 Å². The van der Waals surface area contributed by atoms with Gasteiger partial charge in [-0.25, -0.2) is 4.39 Å². The van der Waals surface area contributed by atoms with Crippen LogP contribution in [-0.2, 0) is 6.42 Å². The third-order valence-electron chi connectivity index (χ3n) is 3.19. The molecule has 102 valence electrons. The van der Waals surface area contributed by atoms with E-state index in [2.05, 4.69) is 15.9 Å². The van der Waals surface area contributed by atoms with Gasteiger partial charge in [-0.15, -0.1) is 0 Å². The van der Waals surface area contributed by atoms with Gasteiger partial charge in [0, 0.05) is 10.9 Å². The number of fused-ring (bicyclic) bond motifs is 1. The van der Waals surface area contributed by atoms with Crippen LogP contribution in [-0.4, -0.2) is 12.4 Å². The van der Waals surface area contributed by atoms with E-state index in [4.69, 9.17) is 16.3 Å². The maximum Gasteiger partial charge on any atom is 0.199 e. The number of hydrogen-bond donors (Lipinski definition) is 0. The minimum absolute atomic E-state index is 0.0479. The molecule has 0 amide bonds. The van der Waals surface area contributed by atoms with Gasteiger partial charge in [0.25, 0.3) is 0 Å². The fraction of sp³-hybridized carbons (Fsp3) is 0.133. The van der Waals surface area contributed by atoms with E-state index in [0.29, 0.717) is 17.9 Å². The molecule has 20 heavy (non-hydrogen) atoms. The van der Waals surface area contributed by atoms with Crippen molar-refractivity contribution in [3.05, 3.63) is 62.3 Å². The number of halogens is 3. The van der Waals surface area contributed by atoms with E-state index >= 15 is 0 Å². The number of rotatable bonds is 2. The van der Waals surface area contributed by atoms with Crippen molar-refractivity contribution in [2.24, 2.45) is 0 Å². The number of hydrogen-bond acceptors (Lipinski definition) is 2. The van der Waals surface area contributed by atoms with Crippen LogP contribution >= 0.6 is 27.5 Å². The molecule has 1 aliphatic heterocycles. The Morgan fingerprint density at radius 1 is 1.30 bits per heavy atom. The van der Waals surface area contributed by atoms with Crippen molar-refractivity contribution in [2.45, 2.75) is 6.42 Å². The molecule has 0 fully saturated rings. The van der Waals surface area contributed by atoms with Gasteiger partial charge < -0.3 is 4.74 Å². The van der Waals surface area contributed by atoms with Crippen molar-refractivity contribution >= 4 is 33.3 Å². The Hall–Kier alpha value is -1.39. The van der Waals surface area contributed by atoms with Gasteiger partial charge in [0.2, 0.25) is 0 Å². The van der Waals surface area contributed by atoms with Crippen molar-refractivity contribution in [3.8, 4) is 5.75 Å². The molecule has 0 saturated carbocycles. The number of ether oxygens (including phenoxy) is 1. The summed E-state index contributed by atoms with van der Waals surface area (Å²) in [5.41, 5.74) is 1.26. The lowest BCUT2D eigenvalue weighted by Crippen LogP contribution is -2.06. The van der Waals surface area contributed by atoms with Gasteiger partial charge in [-0.3, -0.25) is 4.79 Å². The summed E-state index contributed by atoms with van der Waals surface area (Å²) >= 11 is 9.09. The average molecular weight is 356 g/mol. The summed E-state index contributed by atoms with van der Waals surface area (Å²) in [4.78, 5) is 12.5. The van der Waals surface area contributed by atoms with Crippen LogP contribution in [0.2, 0.25) is 5.02 Å². The van der Waals surface area contributed by atoms with Gasteiger partial charge >= 0.3 is 0 Å². The lowest BCUT2D eigenvalue weighted by molar-refractivity contribution is 0.103. The highest BCUT2D eigenvalue weighted by molar-refractivity contribution is 9.10. The summed E-state index contributed by atoms with van der Waals surface area (Å²) in [6.07, 6.45) is 0.743. The van der Waals surface area contributed by atoms with Crippen molar-refractivity contribution in [3.63, 3.8) is 0 Å². The second-order valence-corrected chi connectivity index (χ2v) is 5.79. The first-order chi connectivity index (χ1) is 9.58. The second-order valence-electron chi connectivity index (χ2n) is 4.47. The minimum Gasteiger partial charge on any atom is -0.492 e. The first-order valence-electron chi connectivity index (χ1n) is 6.02. The van der Waals surface area contributed by atoms with Gasteiger partial charge in [0.1, 0.15) is 5.75 Å². The Morgan fingerprint density at radius 3 is 2.90 bits per heavy atom. The largest absolute Gasteiger partial charge is 0.492 e. The molecule has 0 bridgehead atoms. The van der Waals surface area contributed by atoms with Crippen LogP contribution in [0, 0.1) is 5.82 Å². The van der Waals surface area contributed by atoms with E-state index in [1.807, 2.05) is 6.07 Å². The van der Waals surface area contributed by atoms with Crippen LogP contribution in [0.5, 0.6) is 5.75 Å². The van der Waals surface area contributed by atoms with Crippen molar-refractivity contribution in [1.82, 2.24) is 0 Å². The van der Waals surface area contributed by atoms with Gasteiger partial charge in [-0.05, 0) is 29.8 Å².